The second-order valence-corrected chi connectivity index (χ2v) is 33.5. The van der Waals surface area contributed by atoms with Crippen molar-refractivity contribution in [2.24, 2.45) is 17.0 Å². The van der Waals surface area contributed by atoms with Crippen molar-refractivity contribution in [3.8, 4) is 89.1 Å². The molecule has 24 nitrogen and oxygen atoms in total. The van der Waals surface area contributed by atoms with Gasteiger partial charge in [0.15, 0.2) is 5.82 Å². The van der Waals surface area contributed by atoms with Crippen molar-refractivity contribution in [3.63, 3.8) is 0 Å². The number of pyridine rings is 1. The summed E-state index contributed by atoms with van der Waals surface area (Å²) >= 11 is 0. The van der Waals surface area contributed by atoms with E-state index in [1.165, 1.54) is 33.5 Å². The first-order chi connectivity index (χ1) is 61.4. The number of rotatable bonds is 12. The van der Waals surface area contributed by atoms with Crippen LogP contribution in [0.5, 0.6) is 0 Å². The summed E-state index contributed by atoms with van der Waals surface area (Å²) in [5, 5.41) is 21.5. The molecule has 3 aliphatic rings. The maximum atomic E-state index is 13.6. The maximum Gasteiger partial charge on any atom is 0.295 e. The molecule has 646 valence electrons. The SMILES string of the molecule is CC1=NCC(C)=C1c1cc(-c2c(C)noc2C)cc2[nH]c(C(F)F)nc12.CC1=NCC(C)=C1c1cc(-c2c(C)noc2C)cc2[nH]c(C3CC3(F)F)nc12.Cc1ccc2ncccc2c1-c1cc(-c2c(C)noc2C)cc2[nH]cnc12.Cc1cccc(C)c1-c1cc(-c2c(C)noc2C)cc2[nH]cnc12.Cc1ccn(C)c1-c1cc(-c2c(C)noc2C)cc2[nH]cnc12. The molecule has 1 aliphatic carbocycles. The minimum Gasteiger partial charge on any atom is -0.361 e. The molecule has 22 rings (SSSR count). The number of H-pyrrole nitrogens is 5. The Bertz CT molecular complexity index is 7640. The molecule has 2 aliphatic heterocycles. The first-order valence-electron chi connectivity index (χ1n) is 42.2. The first-order valence-corrected chi connectivity index (χ1v) is 42.2. The zero-order valence-electron chi connectivity index (χ0n) is 74.4. The summed E-state index contributed by atoms with van der Waals surface area (Å²) in [6.45, 7) is 37.0. The predicted octanol–water partition coefficient (Wildman–Crippen LogP) is 24.9. The third-order valence-corrected chi connectivity index (χ3v) is 24.5. The summed E-state index contributed by atoms with van der Waals surface area (Å²) in [4.78, 5) is 51.6. The fourth-order valence-electron chi connectivity index (χ4n) is 18.5. The van der Waals surface area contributed by atoms with Gasteiger partial charge in [0, 0.05) is 109 Å². The van der Waals surface area contributed by atoms with Gasteiger partial charge in [0.25, 0.3) is 12.3 Å². The molecule has 19 aromatic rings. The number of halogens is 4. The van der Waals surface area contributed by atoms with Gasteiger partial charge >= 0.3 is 0 Å². The standard InChI is InChI=1S/C22H18N4O.C21H20F2N4O.C20H19N3O.C19H18F2N4O.C18H18N4O/c1-12-6-7-18-16(5-4-8-23-18)20(12)17-9-15(10-19-22(17)25-11-24-19)21-13(2)26-27-14(21)3;1-9-8-24-10(2)17(9)14-5-13(18-11(3)27-28-12(18)4)6-16-19(14)26-20(25-16)15-7-21(15,22)23;1-11-6-5-7-12(2)18(11)16-8-15(9-17-20(16)22-10-21-17)19-13(3)23-24-14(19)4;1-8-7-22-9(2)15(8)13-5-12(16-10(3)25-26-11(16)4)6-14-17(13)24-19(23-14)18(20)21;1-10-5-6-22(4)18(10)14-7-13(8-15-17(14)20-9-19-15)16-11(2)21-23-12(16)3/h4-11H,1-3H3,(H,24,25);5-6,15H,7-8H2,1-4H3,(H,25,26);5-10H,1-4H3,(H,21,22);5-6,18H,7H2,1-4H3,(H,23,24);5-9H,1-4H3,(H,19,20). The zero-order valence-corrected chi connectivity index (χ0v) is 74.4. The normalized spacial score (nSPS) is 14.2. The molecule has 1 atom stereocenters. The Balaban J connectivity index is 0.000000108. The molecule has 14 heterocycles. The number of fused-ring (bicyclic) bond motifs is 6. The molecule has 12 aromatic heterocycles. The lowest BCUT2D eigenvalue weighted by molar-refractivity contribution is 0.111. The van der Waals surface area contributed by atoms with E-state index in [0.717, 1.165) is 224 Å². The molecule has 1 saturated carbocycles. The Kier molecular flexibility index (Phi) is 21.6. The van der Waals surface area contributed by atoms with Crippen LogP contribution in [0.3, 0.4) is 0 Å². The van der Waals surface area contributed by atoms with Crippen molar-refractivity contribution in [3.05, 3.63) is 254 Å². The van der Waals surface area contributed by atoms with E-state index in [2.05, 4.69) is 215 Å². The van der Waals surface area contributed by atoms with Crippen LogP contribution in [0.25, 0.3) is 166 Å². The van der Waals surface area contributed by atoms with E-state index in [-0.39, 0.29) is 12.2 Å². The highest BCUT2D eigenvalue weighted by Gasteiger charge is 2.59. The number of aromatic amines is 5. The van der Waals surface area contributed by atoms with Gasteiger partial charge in [0.2, 0.25) is 0 Å². The number of aliphatic imine (C=N–C) groups is 2. The van der Waals surface area contributed by atoms with Gasteiger partial charge in [-0.1, -0.05) is 56.1 Å². The number of hydrogen-bond donors (Lipinski definition) is 5. The number of allylic oxidation sites excluding steroid dienone is 2. The van der Waals surface area contributed by atoms with Gasteiger partial charge in [-0.25, -0.2) is 42.5 Å². The quantitative estimate of drug-likeness (QED) is 0.0710. The molecule has 0 spiro atoms. The Morgan fingerprint density at radius 2 is 0.789 bits per heavy atom. The number of aryl methyl sites for hydroxylation is 15. The third-order valence-electron chi connectivity index (χ3n) is 24.5. The fraction of sp³-hybridized carbons (Fsp3) is 0.250. The second kappa shape index (κ2) is 32.9. The molecule has 0 saturated heterocycles. The van der Waals surface area contributed by atoms with Crippen LogP contribution in [0.1, 0.15) is 149 Å². The number of hydrogen-bond acceptors (Lipinski definition) is 18. The van der Waals surface area contributed by atoms with Crippen LogP contribution in [0, 0.1) is 96.9 Å². The molecule has 0 amide bonds. The highest BCUT2D eigenvalue weighted by atomic mass is 19.3. The van der Waals surface area contributed by atoms with Gasteiger partial charge in [0.05, 0.1) is 133 Å². The van der Waals surface area contributed by atoms with Crippen LogP contribution < -0.4 is 0 Å². The summed E-state index contributed by atoms with van der Waals surface area (Å²) in [6, 6.07) is 37.4. The predicted molar refractivity (Wildman–Crippen MR) is 493 cm³/mol. The molecule has 28 heteroatoms. The van der Waals surface area contributed by atoms with Gasteiger partial charge in [-0.2, -0.15) is 0 Å². The number of imidazole rings is 5. The van der Waals surface area contributed by atoms with Crippen LogP contribution in [0.2, 0.25) is 0 Å². The molecular weight excluding hydrogens is 1620 g/mol. The summed E-state index contributed by atoms with van der Waals surface area (Å²) in [6.07, 6.45) is 6.32. The van der Waals surface area contributed by atoms with E-state index < -0.39 is 18.3 Å². The summed E-state index contributed by atoms with van der Waals surface area (Å²) in [7, 11) is 2.06. The molecule has 0 radical (unpaired) electrons. The molecule has 5 N–H and O–H groups in total. The monoisotopic (exact) mass is 1720 g/mol. The van der Waals surface area contributed by atoms with E-state index in [4.69, 9.17) is 22.6 Å². The maximum absolute atomic E-state index is 13.6. The van der Waals surface area contributed by atoms with Gasteiger partial charge in [-0.3, -0.25) is 15.0 Å². The largest absolute Gasteiger partial charge is 0.361 e. The van der Waals surface area contributed by atoms with Crippen molar-refractivity contribution in [2.45, 2.75) is 149 Å². The van der Waals surface area contributed by atoms with Crippen molar-refractivity contribution < 1.29 is 40.2 Å². The van der Waals surface area contributed by atoms with E-state index in [1.54, 1.807) is 19.0 Å². The van der Waals surface area contributed by atoms with Crippen molar-refractivity contribution in [2.75, 3.05) is 13.1 Å². The Morgan fingerprint density at radius 3 is 1.18 bits per heavy atom. The molecular formula is C100H93F4N19O5. The number of alkyl halides is 4. The summed E-state index contributed by atoms with van der Waals surface area (Å²) < 4.78 is 82.6. The second-order valence-electron chi connectivity index (χ2n) is 33.5. The summed E-state index contributed by atoms with van der Waals surface area (Å²) in [5.74, 6) is 0.402. The highest BCUT2D eigenvalue weighted by molar-refractivity contribution is 6.28. The average molecular weight is 1720 g/mol. The number of benzene rings is 7. The van der Waals surface area contributed by atoms with Gasteiger partial charge in [0.1, 0.15) is 34.6 Å². The van der Waals surface area contributed by atoms with E-state index in [1.807, 2.05) is 133 Å². The Hall–Kier alpha value is -14.8. The minimum absolute atomic E-state index is 0.152. The van der Waals surface area contributed by atoms with E-state index in [9.17, 15) is 17.6 Å². The van der Waals surface area contributed by atoms with E-state index >= 15 is 0 Å². The molecule has 1 unspecified atom stereocenters. The fourth-order valence-corrected chi connectivity index (χ4v) is 18.5. The van der Waals surface area contributed by atoms with Crippen LogP contribution in [-0.4, -0.2) is 116 Å². The van der Waals surface area contributed by atoms with Crippen LogP contribution in [0.4, 0.5) is 17.6 Å². The highest BCUT2D eigenvalue weighted by Crippen LogP contribution is 2.56. The third kappa shape index (κ3) is 15.2. The minimum atomic E-state index is -2.67. The molecule has 1 fully saturated rings. The Labute approximate surface area is 732 Å². The lowest BCUT2D eigenvalue weighted by atomic mass is 9.91. The van der Waals surface area contributed by atoms with Crippen molar-refractivity contribution in [1.29, 1.82) is 0 Å². The first kappa shape index (κ1) is 84.0. The summed E-state index contributed by atoms with van der Waals surface area (Å²) in [5.41, 5.74) is 43.3. The molecule has 128 heavy (non-hydrogen) atoms. The van der Waals surface area contributed by atoms with Gasteiger partial charge < -0.3 is 52.1 Å². The lowest BCUT2D eigenvalue weighted by Gasteiger charge is -2.13. The number of nitrogens with zero attached hydrogens (tertiary/aromatic N) is 14. The van der Waals surface area contributed by atoms with E-state index in [0.29, 0.717) is 41.2 Å². The molecule has 7 aromatic carbocycles. The molecule has 0 bridgehead atoms. The zero-order chi connectivity index (χ0) is 89.9. The van der Waals surface area contributed by atoms with Crippen molar-refractivity contribution in [1.82, 2.24) is 85.2 Å². The lowest BCUT2D eigenvalue weighted by Crippen LogP contribution is -1.97. The van der Waals surface area contributed by atoms with Crippen LogP contribution >= 0.6 is 0 Å². The van der Waals surface area contributed by atoms with Gasteiger partial charge in [-0.15, -0.1) is 0 Å². The smallest absolute Gasteiger partial charge is 0.295 e. The Morgan fingerprint density at radius 1 is 0.398 bits per heavy atom. The number of nitrogens with one attached hydrogen (secondary N) is 5. The topological polar surface area (TPSA) is 316 Å². The van der Waals surface area contributed by atoms with Gasteiger partial charge in [-0.05, 0) is 276 Å². The van der Waals surface area contributed by atoms with Crippen molar-refractivity contribution >= 4 is 88.6 Å². The van der Waals surface area contributed by atoms with Crippen LogP contribution in [-0.2, 0) is 7.05 Å². The average Bonchev–Trinajstić information content (AvgIpc) is 1.58. The number of aromatic nitrogens is 17. The van der Waals surface area contributed by atoms with Crippen LogP contribution in [0.15, 0.2) is 184 Å².